The third kappa shape index (κ3) is 3.66. The molecule has 0 spiro atoms. The van der Waals surface area contributed by atoms with Gasteiger partial charge in [0.05, 0.1) is 0 Å². The maximum Gasteiger partial charge on any atom is 0.159 e. The van der Waals surface area contributed by atoms with E-state index in [9.17, 15) is 4.39 Å². The van der Waals surface area contributed by atoms with Crippen LogP contribution in [0.5, 0.6) is 0 Å². The lowest BCUT2D eigenvalue weighted by Gasteiger charge is -2.17. The maximum absolute atomic E-state index is 13.5. The number of rotatable bonds is 4. The molecule has 0 saturated carbocycles. The Morgan fingerprint density at radius 2 is 1.81 bits per heavy atom. The van der Waals surface area contributed by atoms with Crippen molar-refractivity contribution in [3.05, 3.63) is 45.4 Å². The zero-order valence-corrected chi connectivity index (χ0v) is 14.3. The van der Waals surface area contributed by atoms with Gasteiger partial charge in [-0.25, -0.2) is 14.4 Å². The first-order valence-corrected chi connectivity index (χ1v) is 7.68. The van der Waals surface area contributed by atoms with Gasteiger partial charge in [0.15, 0.2) is 5.82 Å². The molecule has 0 fully saturated rings. The molecule has 5 heteroatoms. The van der Waals surface area contributed by atoms with Crippen LogP contribution in [0.15, 0.2) is 22.7 Å². The molecule has 0 aliphatic rings. The highest BCUT2D eigenvalue weighted by Gasteiger charge is 2.15. The Bertz CT molecular complexity index is 615. The summed E-state index contributed by atoms with van der Waals surface area (Å²) in [4.78, 5) is 9.13. The van der Waals surface area contributed by atoms with Crippen molar-refractivity contribution in [1.29, 1.82) is 0 Å². The number of likely N-dealkylation sites (N-methyl/N-ethyl adjacent to an activating group) is 1. The standard InChI is InChI=1S/C16H19BrFN3/c1-9(8-19-4)15-10(2)20-16(21-11(15)3)12-5-13(17)7-14(18)6-12/h5-7,9,19H,8H2,1-4H3. The van der Waals surface area contributed by atoms with Gasteiger partial charge >= 0.3 is 0 Å². The van der Waals surface area contributed by atoms with Gasteiger partial charge in [0.25, 0.3) is 0 Å². The first-order chi connectivity index (χ1) is 9.92. The van der Waals surface area contributed by atoms with Gasteiger partial charge in [-0.05, 0) is 50.6 Å². The summed E-state index contributed by atoms with van der Waals surface area (Å²) in [6.07, 6.45) is 0. The van der Waals surface area contributed by atoms with Crippen molar-refractivity contribution >= 4 is 15.9 Å². The summed E-state index contributed by atoms with van der Waals surface area (Å²) in [7, 11) is 1.93. The van der Waals surface area contributed by atoms with E-state index >= 15 is 0 Å². The molecule has 112 valence electrons. The number of halogens is 2. The maximum atomic E-state index is 13.5. The monoisotopic (exact) mass is 351 g/mol. The lowest BCUT2D eigenvalue weighted by atomic mass is 9.98. The molecule has 1 unspecified atom stereocenters. The van der Waals surface area contributed by atoms with E-state index in [0.29, 0.717) is 21.8 Å². The summed E-state index contributed by atoms with van der Waals surface area (Å²) < 4.78 is 14.2. The fourth-order valence-electron chi connectivity index (χ4n) is 2.66. The Balaban J connectivity index is 2.48. The lowest BCUT2D eigenvalue weighted by molar-refractivity contribution is 0.627. The number of nitrogens with one attached hydrogen (secondary N) is 1. The molecule has 1 aromatic heterocycles. The average molecular weight is 352 g/mol. The summed E-state index contributed by atoms with van der Waals surface area (Å²) in [5.41, 5.74) is 3.73. The van der Waals surface area contributed by atoms with Crippen LogP contribution in [-0.4, -0.2) is 23.6 Å². The smallest absolute Gasteiger partial charge is 0.159 e. The van der Waals surface area contributed by atoms with Crippen molar-refractivity contribution in [2.75, 3.05) is 13.6 Å². The summed E-state index contributed by atoms with van der Waals surface area (Å²) in [6.45, 7) is 6.98. The molecule has 21 heavy (non-hydrogen) atoms. The van der Waals surface area contributed by atoms with E-state index in [-0.39, 0.29) is 5.82 Å². The van der Waals surface area contributed by atoms with Crippen molar-refractivity contribution in [2.45, 2.75) is 26.7 Å². The molecule has 0 radical (unpaired) electrons. The molecule has 0 aliphatic heterocycles. The van der Waals surface area contributed by atoms with Crippen molar-refractivity contribution in [2.24, 2.45) is 0 Å². The van der Waals surface area contributed by atoms with E-state index in [4.69, 9.17) is 0 Å². The zero-order chi connectivity index (χ0) is 15.6. The van der Waals surface area contributed by atoms with Crippen LogP contribution in [0.1, 0.15) is 29.8 Å². The number of hydrogen-bond donors (Lipinski definition) is 1. The Morgan fingerprint density at radius 3 is 2.33 bits per heavy atom. The van der Waals surface area contributed by atoms with Gasteiger partial charge in [0, 0.05) is 28.0 Å². The van der Waals surface area contributed by atoms with Crippen LogP contribution in [-0.2, 0) is 0 Å². The number of hydrogen-bond acceptors (Lipinski definition) is 3. The molecule has 0 amide bonds. The second-order valence-electron chi connectivity index (χ2n) is 5.25. The van der Waals surface area contributed by atoms with Crippen molar-refractivity contribution < 1.29 is 4.39 Å². The third-order valence-corrected chi connectivity index (χ3v) is 3.91. The molecule has 1 aromatic carbocycles. The largest absolute Gasteiger partial charge is 0.319 e. The first kappa shape index (κ1) is 16.0. The highest BCUT2D eigenvalue weighted by molar-refractivity contribution is 9.10. The minimum atomic E-state index is -0.300. The number of aromatic nitrogens is 2. The summed E-state index contributed by atoms with van der Waals surface area (Å²) in [6, 6.07) is 4.70. The van der Waals surface area contributed by atoms with Crippen molar-refractivity contribution in [3.8, 4) is 11.4 Å². The van der Waals surface area contributed by atoms with Gasteiger partial charge in [-0.1, -0.05) is 22.9 Å². The van der Waals surface area contributed by atoms with Crippen LogP contribution in [0.4, 0.5) is 4.39 Å². The highest BCUT2D eigenvalue weighted by atomic mass is 79.9. The molecule has 0 aliphatic carbocycles. The number of aryl methyl sites for hydroxylation is 2. The Labute approximate surface area is 133 Å². The van der Waals surface area contributed by atoms with E-state index in [0.717, 1.165) is 23.5 Å². The van der Waals surface area contributed by atoms with E-state index in [1.54, 1.807) is 0 Å². The van der Waals surface area contributed by atoms with Crippen LogP contribution >= 0.6 is 15.9 Å². The fraction of sp³-hybridized carbons (Fsp3) is 0.375. The Morgan fingerprint density at radius 1 is 1.19 bits per heavy atom. The normalized spacial score (nSPS) is 12.5. The van der Waals surface area contributed by atoms with E-state index in [1.807, 2.05) is 27.0 Å². The van der Waals surface area contributed by atoms with E-state index in [2.05, 4.69) is 38.1 Å². The van der Waals surface area contributed by atoms with Gasteiger partial charge in [0.2, 0.25) is 0 Å². The van der Waals surface area contributed by atoms with Gasteiger partial charge in [-0.15, -0.1) is 0 Å². The summed E-state index contributed by atoms with van der Waals surface area (Å²) >= 11 is 3.30. The van der Waals surface area contributed by atoms with Crippen LogP contribution in [0.25, 0.3) is 11.4 Å². The van der Waals surface area contributed by atoms with Gasteiger partial charge in [0.1, 0.15) is 5.82 Å². The average Bonchev–Trinajstić information content (AvgIpc) is 2.36. The topological polar surface area (TPSA) is 37.8 Å². The molecule has 0 bridgehead atoms. The summed E-state index contributed by atoms with van der Waals surface area (Å²) in [5, 5.41) is 3.17. The highest BCUT2D eigenvalue weighted by Crippen LogP contribution is 2.26. The molecular weight excluding hydrogens is 333 g/mol. The third-order valence-electron chi connectivity index (χ3n) is 3.45. The molecule has 2 rings (SSSR count). The van der Waals surface area contributed by atoms with E-state index < -0.39 is 0 Å². The molecule has 1 heterocycles. The zero-order valence-electron chi connectivity index (χ0n) is 12.7. The number of nitrogens with zero attached hydrogens (tertiary/aromatic N) is 2. The minimum Gasteiger partial charge on any atom is -0.319 e. The van der Waals surface area contributed by atoms with Crippen LogP contribution in [0.3, 0.4) is 0 Å². The van der Waals surface area contributed by atoms with Gasteiger partial charge in [-0.3, -0.25) is 0 Å². The first-order valence-electron chi connectivity index (χ1n) is 6.88. The van der Waals surface area contributed by atoms with Crippen LogP contribution < -0.4 is 5.32 Å². The quantitative estimate of drug-likeness (QED) is 0.904. The number of benzene rings is 1. The molecule has 1 atom stereocenters. The molecular formula is C16H19BrFN3. The van der Waals surface area contributed by atoms with Gasteiger partial charge in [-0.2, -0.15) is 0 Å². The van der Waals surface area contributed by atoms with Crippen LogP contribution in [0, 0.1) is 19.7 Å². The Hall–Kier alpha value is -1.33. The Kier molecular flexibility index (Phi) is 5.06. The SMILES string of the molecule is CNCC(C)c1c(C)nc(-c2cc(F)cc(Br)c2)nc1C. The van der Waals surface area contributed by atoms with Crippen molar-refractivity contribution in [3.63, 3.8) is 0 Å². The van der Waals surface area contributed by atoms with Crippen molar-refractivity contribution in [1.82, 2.24) is 15.3 Å². The second-order valence-corrected chi connectivity index (χ2v) is 6.16. The lowest BCUT2D eigenvalue weighted by Crippen LogP contribution is -2.17. The summed E-state index contributed by atoms with van der Waals surface area (Å²) in [5.74, 6) is 0.597. The van der Waals surface area contributed by atoms with Crippen LogP contribution in [0.2, 0.25) is 0 Å². The molecule has 0 saturated heterocycles. The molecule has 1 N–H and O–H groups in total. The molecule has 3 nitrogen and oxygen atoms in total. The van der Waals surface area contributed by atoms with E-state index in [1.165, 1.54) is 12.1 Å². The molecule has 2 aromatic rings. The fourth-order valence-corrected chi connectivity index (χ4v) is 3.12. The van der Waals surface area contributed by atoms with Gasteiger partial charge < -0.3 is 5.32 Å². The predicted octanol–water partition coefficient (Wildman–Crippen LogP) is 3.98. The second kappa shape index (κ2) is 6.62. The predicted molar refractivity (Wildman–Crippen MR) is 86.9 cm³/mol. The minimum absolute atomic E-state index is 0.300.